The molecule has 19 heavy (non-hydrogen) atoms. The second-order valence-electron chi connectivity index (χ2n) is 4.82. The number of aryl methyl sites for hydroxylation is 1. The van der Waals surface area contributed by atoms with Crippen LogP contribution in [0.3, 0.4) is 0 Å². The van der Waals surface area contributed by atoms with Gasteiger partial charge in [-0.05, 0) is 38.9 Å². The van der Waals surface area contributed by atoms with Crippen molar-refractivity contribution in [1.29, 1.82) is 0 Å². The van der Waals surface area contributed by atoms with E-state index in [-0.39, 0.29) is 11.9 Å². The fourth-order valence-electron chi connectivity index (χ4n) is 2.35. The number of rotatable bonds is 3. The molecule has 2 heterocycles. The summed E-state index contributed by atoms with van der Waals surface area (Å²) in [4.78, 5) is 22.3. The highest BCUT2D eigenvalue weighted by Crippen LogP contribution is 2.19. The molecule has 0 radical (unpaired) electrons. The Morgan fingerprint density at radius 1 is 1.47 bits per heavy atom. The zero-order valence-corrected chi connectivity index (χ0v) is 12.0. The van der Waals surface area contributed by atoms with Gasteiger partial charge in [-0.3, -0.25) is 9.69 Å². The van der Waals surface area contributed by atoms with E-state index in [0.717, 1.165) is 37.4 Å². The fourth-order valence-corrected chi connectivity index (χ4v) is 2.61. The molecular formula is C13H18ClN3O2. The minimum absolute atomic E-state index is 0.0308. The predicted octanol–water partition coefficient (Wildman–Crippen LogP) is 1.82. The molecule has 2 rings (SSSR count). The Labute approximate surface area is 117 Å². The molecule has 0 bridgehead atoms. The monoisotopic (exact) mass is 283 g/mol. The zero-order valence-electron chi connectivity index (χ0n) is 11.2. The Morgan fingerprint density at radius 3 is 2.74 bits per heavy atom. The van der Waals surface area contributed by atoms with Gasteiger partial charge in [-0.2, -0.15) is 0 Å². The van der Waals surface area contributed by atoms with E-state index in [2.05, 4.69) is 14.9 Å². The van der Waals surface area contributed by atoms with Gasteiger partial charge in [-0.15, -0.1) is 0 Å². The summed E-state index contributed by atoms with van der Waals surface area (Å²) in [6.45, 7) is 4.29. The number of esters is 1. The molecule has 1 aliphatic heterocycles. The number of carbonyl (C=O) groups excluding carboxylic acids is 1. The van der Waals surface area contributed by atoms with E-state index >= 15 is 0 Å². The normalized spacial score (nSPS) is 17.4. The van der Waals surface area contributed by atoms with E-state index in [0.29, 0.717) is 11.7 Å². The third-order valence-corrected chi connectivity index (χ3v) is 3.55. The summed E-state index contributed by atoms with van der Waals surface area (Å²) in [6, 6.07) is 1.74. The van der Waals surface area contributed by atoms with E-state index in [1.807, 2.05) is 6.92 Å². The van der Waals surface area contributed by atoms with Crippen molar-refractivity contribution < 1.29 is 9.53 Å². The highest BCUT2D eigenvalue weighted by molar-refractivity contribution is 6.29. The highest BCUT2D eigenvalue weighted by atomic mass is 35.5. The highest BCUT2D eigenvalue weighted by Gasteiger charge is 2.25. The molecule has 0 aromatic carbocycles. The van der Waals surface area contributed by atoms with Crippen molar-refractivity contribution >= 4 is 17.6 Å². The number of hydrogen-bond donors (Lipinski definition) is 0. The molecule has 0 saturated carbocycles. The molecule has 0 aliphatic carbocycles. The number of likely N-dealkylation sites (tertiary alicyclic amines) is 1. The zero-order chi connectivity index (χ0) is 13.8. The van der Waals surface area contributed by atoms with Crippen LogP contribution in [0.5, 0.6) is 0 Å². The minimum Gasteiger partial charge on any atom is -0.469 e. The molecule has 0 amide bonds. The van der Waals surface area contributed by atoms with E-state index < -0.39 is 0 Å². The number of nitrogens with zero attached hydrogens (tertiary/aromatic N) is 3. The number of methoxy groups -OCH3 is 1. The molecule has 1 aliphatic rings. The number of carbonyl (C=O) groups is 1. The van der Waals surface area contributed by atoms with Crippen molar-refractivity contribution in [3.63, 3.8) is 0 Å². The Hall–Kier alpha value is -1.20. The summed E-state index contributed by atoms with van der Waals surface area (Å²) in [5.74, 6) is 0.666. The molecule has 0 spiro atoms. The van der Waals surface area contributed by atoms with Crippen molar-refractivity contribution in [2.75, 3.05) is 20.2 Å². The SMILES string of the molecule is COC(=O)C1CCN(Cc2nc(C)cc(Cl)n2)CC1. The first-order chi connectivity index (χ1) is 9.08. The third kappa shape index (κ3) is 3.88. The number of hydrogen-bond acceptors (Lipinski definition) is 5. The Morgan fingerprint density at radius 2 is 2.16 bits per heavy atom. The van der Waals surface area contributed by atoms with Crippen LogP contribution in [0, 0.1) is 12.8 Å². The lowest BCUT2D eigenvalue weighted by atomic mass is 9.97. The second kappa shape index (κ2) is 6.30. The summed E-state index contributed by atoms with van der Waals surface area (Å²) in [6.07, 6.45) is 1.65. The van der Waals surface area contributed by atoms with E-state index in [1.165, 1.54) is 7.11 Å². The predicted molar refractivity (Wildman–Crippen MR) is 71.8 cm³/mol. The molecule has 0 unspecified atom stereocenters. The van der Waals surface area contributed by atoms with Gasteiger partial charge in [-0.25, -0.2) is 9.97 Å². The molecule has 5 nitrogen and oxygen atoms in total. The van der Waals surface area contributed by atoms with Gasteiger partial charge in [0.15, 0.2) is 0 Å². The van der Waals surface area contributed by atoms with Gasteiger partial charge in [0, 0.05) is 5.69 Å². The summed E-state index contributed by atoms with van der Waals surface area (Å²) >= 11 is 5.92. The molecule has 1 aromatic rings. The minimum atomic E-state index is -0.102. The smallest absolute Gasteiger partial charge is 0.308 e. The van der Waals surface area contributed by atoms with Crippen molar-refractivity contribution in [3.05, 3.63) is 22.7 Å². The van der Waals surface area contributed by atoms with Gasteiger partial charge in [0.05, 0.1) is 19.6 Å². The van der Waals surface area contributed by atoms with E-state index in [1.54, 1.807) is 6.07 Å². The van der Waals surface area contributed by atoms with Crippen LogP contribution in [0.15, 0.2) is 6.07 Å². The molecule has 0 N–H and O–H groups in total. The Kier molecular flexibility index (Phi) is 4.71. The van der Waals surface area contributed by atoms with E-state index in [9.17, 15) is 4.79 Å². The van der Waals surface area contributed by atoms with Gasteiger partial charge in [-0.1, -0.05) is 11.6 Å². The summed E-state index contributed by atoms with van der Waals surface area (Å²) < 4.78 is 4.78. The first kappa shape index (κ1) is 14.2. The summed E-state index contributed by atoms with van der Waals surface area (Å²) in [5, 5.41) is 0.479. The quantitative estimate of drug-likeness (QED) is 0.626. The standard InChI is InChI=1S/C13H18ClN3O2/c1-9-7-11(14)16-12(15-9)8-17-5-3-10(4-6-17)13(18)19-2/h7,10H,3-6,8H2,1-2H3. The number of aromatic nitrogens is 2. The van der Waals surface area contributed by atoms with Crippen LogP contribution in [0.1, 0.15) is 24.4 Å². The van der Waals surface area contributed by atoms with Crippen LogP contribution in [-0.4, -0.2) is 41.0 Å². The lowest BCUT2D eigenvalue weighted by Gasteiger charge is -2.29. The molecule has 1 aromatic heterocycles. The second-order valence-corrected chi connectivity index (χ2v) is 5.21. The maximum Gasteiger partial charge on any atom is 0.308 e. The summed E-state index contributed by atoms with van der Waals surface area (Å²) in [5.41, 5.74) is 0.874. The van der Waals surface area contributed by atoms with Crippen LogP contribution in [0.25, 0.3) is 0 Å². The molecule has 1 fully saturated rings. The van der Waals surface area contributed by atoms with Crippen LogP contribution in [0.2, 0.25) is 5.15 Å². The molecule has 6 heteroatoms. The Balaban J connectivity index is 1.90. The van der Waals surface area contributed by atoms with Crippen LogP contribution in [-0.2, 0) is 16.1 Å². The maximum atomic E-state index is 11.4. The van der Waals surface area contributed by atoms with Crippen LogP contribution < -0.4 is 0 Å². The topological polar surface area (TPSA) is 55.3 Å². The summed E-state index contributed by atoms with van der Waals surface area (Å²) in [7, 11) is 1.44. The average molecular weight is 284 g/mol. The van der Waals surface area contributed by atoms with Gasteiger partial charge in [0.2, 0.25) is 0 Å². The third-order valence-electron chi connectivity index (χ3n) is 3.36. The fraction of sp³-hybridized carbons (Fsp3) is 0.615. The average Bonchev–Trinajstić information content (AvgIpc) is 2.37. The van der Waals surface area contributed by atoms with Gasteiger partial charge in [0.25, 0.3) is 0 Å². The van der Waals surface area contributed by atoms with Crippen LogP contribution in [0.4, 0.5) is 0 Å². The largest absolute Gasteiger partial charge is 0.469 e. The molecule has 104 valence electrons. The maximum absolute atomic E-state index is 11.4. The van der Waals surface area contributed by atoms with Crippen molar-refractivity contribution in [1.82, 2.24) is 14.9 Å². The molecular weight excluding hydrogens is 266 g/mol. The van der Waals surface area contributed by atoms with Gasteiger partial charge < -0.3 is 4.74 Å². The first-order valence-corrected chi connectivity index (χ1v) is 6.76. The Bertz CT molecular complexity index is 439. The van der Waals surface area contributed by atoms with Crippen LogP contribution >= 0.6 is 11.6 Å². The van der Waals surface area contributed by atoms with Crippen molar-refractivity contribution in [2.24, 2.45) is 5.92 Å². The van der Waals surface area contributed by atoms with Gasteiger partial charge >= 0.3 is 5.97 Å². The first-order valence-electron chi connectivity index (χ1n) is 6.38. The van der Waals surface area contributed by atoms with Crippen molar-refractivity contribution in [3.8, 4) is 0 Å². The number of ether oxygens (including phenoxy) is 1. The van der Waals surface area contributed by atoms with Crippen molar-refractivity contribution in [2.45, 2.75) is 26.3 Å². The van der Waals surface area contributed by atoms with E-state index in [4.69, 9.17) is 16.3 Å². The van der Waals surface area contributed by atoms with Gasteiger partial charge in [0.1, 0.15) is 11.0 Å². The number of halogens is 1. The lowest BCUT2D eigenvalue weighted by molar-refractivity contribution is -0.147. The lowest BCUT2D eigenvalue weighted by Crippen LogP contribution is -2.36. The number of piperidine rings is 1. The molecule has 0 atom stereocenters. The molecule has 1 saturated heterocycles.